The Morgan fingerprint density at radius 1 is 1.33 bits per heavy atom. The monoisotopic (exact) mass is 160 g/mol. The summed E-state index contributed by atoms with van der Waals surface area (Å²) in [6.07, 6.45) is 8.87. The Balaban J connectivity index is 2.45. The van der Waals surface area contributed by atoms with E-state index in [0.29, 0.717) is 12.2 Å². The van der Waals surface area contributed by atoms with Crippen LogP contribution in [-0.2, 0) is 4.79 Å². The van der Waals surface area contributed by atoms with Crippen molar-refractivity contribution in [3.8, 4) is 0 Å². The molecule has 1 nitrogen and oxygen atoms in total. The summed E-state index contributed by atoms with van der Waals surface area (Å²) >= 11 is 0. The van der Waals surface area contributed by atoms with Gasteiger partial charge in [0.05, 0.1) is 0 Å². The fraction of sp³-hybridized carbons (Fsp3) is 0.364. The van der Waals surface area contributed by atoms with E-state index in [2.05, 4.69) is 19.1 Å². The van der Waals surface area contributed by atoms with Crippen molar-refractivity contribution in [1.82, 2.24) is 0 Å². The number of allylic oxidation sites excluding steroid dienone is 6. The second-order valence-electron chi connectivity index (χ2n) is 3.46. The Labute approximate surface area is 72.5 Å². The molecule has 0 bridgehead atoms. The Morgan fingerprint density at radius 2 is 2.17 bits per heavy atom. The Hall–Kier alpha value is -1.11. The van der Waals surface area contributed by atoms with Gasteiger partial charge in [0.2, 0.25) is 0 Å². The number of Topliss-reactive ketones (excluding diaryl/α,β-unsaturated/α-hetero) is 1. The van der Waals surface area contributed by atoms with Gasteiger partial charge in [-0.25, -0.2) is 0 Å². The first-order chi connectivity index (χ1) is 5.77. The summed E-state index contributed by atoms with van der Waals surface area (Å²) in [6.45, 7) is 2.11. The maximum Gasteiger partial charge on any atom is 0.163 e. The number of carbonyl (C=O) groups excluding carboxylic acids is 1. The predicted molar refractivity (Wildman–Crippen MR) is 48.8 cm³/mol. The number of hydrogen-bond donors (Lipinski definition) is 0. The van der Waals surface area contributed by atoms with E-state index in [1.54, 1.807) is 0 Å². The molecule has 2 rings (SSSR count). The molecule has 1 heteroatoms. The first kappa shape index (κ1) is 7.53. The summed E-state index contributed by atoms with van der Waals surface area (Å²) in [5.74, 6) is 0.312. The number of carbonyl (C=O) groups is 1. The molecular formula is C11H12O. The minimum absolute atomic E-state index is 0.312. The molecule has 12 heavy (non-hydrogen) atoms. The lowest BCUT2D eigenvalue weighted by atomic mass is 10.1. The molecule has 0 atom stereocenters. The third-order valence-electron chi connectivity index (χ3n) is 2.41. The van der Waals surface area contributed by atoms with Gasteiger partial charge in [-0.2, -0.15) is 0 Å². The van der Waals surface area contributed by atoms with Crippen molar-refractivity contribution in [3.05, 3.63) is 34.9 Å². The van der Waals surface area contributed by atoms with E-state index in [9.17, 15) is 4.79 Å². The second-order valence-corrected chi connectivity index (χ2v) is 3.46. The summed E-state index contributed by atoms with van der Waals surface area (Å²) in [5.41, 5.74) is 3.55. The smallest absolute Gasteiger partial charge is 0.163 e. The third kappa shape index (κ3) is 1.15. The van der Waals surface area contributed by atoms with Gasteiger partial charge in [0.25, 0.3) is 0 Å². The van der Waals surface area contributed by atoms with Gasteiger partial charge in [0.1, 0.15) is 0 Å². The second kappa shape index (κ2) is 2.74. The van der Waals surface area contributed by atoms with Crippen LogP contribution >= 0.6 is 0 Å². The molecule has 0 saturated carbocycles. The maximum absolute atomic E-state index is 11.3. The lowest BCUT2D eigenvalue weighted by Gasteiger charge is -1.94. The van der Waals surface area contributed by atoms with Crippen LogP contribution in [0.2, 0.25) is 0 Å². The number of rotatable bonds is 0. The van der Waals surface area contributed by atoms with Crippen LogP contribution in [0, 0.1) is 0 Å². The molecule has 0 N–H and O–H groups in total. The molecule has 0 aliphatic heterocycles. The molecule has 0 aromatic carbocycles. The van der Waals surface area contributed by atoms with Crippen molar-refractivity contribution >= 4 is 5.78 Å². The maximum atomic E-state index is 11.3. The lowest BCUT2D eigenvalue weighted by molar-refractivity contribution is -0.114. The largest absolute Gasteiger partial charge is 0.294 e. The third-order valence-corrected chi connectivity index (χ3v) is 2.41. The molecule has 0 aromatic heterocycles. The Kier molecular flexibility index (Phi) is 1.72. The van der Waals surface area contributed by atoms with Crippen LogP contribution in [0.4, 0.5) is 0 Å². The van der Waals surface area contributed by atoms with E-state index in [4.69, 9.17) is 0 Å². The molecule has 0 unspecified atom stereocenters. The summed E-state index contributed by atoms with van der Waals surface area (Å²) in [5, 5.41) is 0. The summed E-state index contributed by atoms with van der Waals surface area (Å²) in [4.78, 5) is 11.3. The van der Waals surface area contributed by atoms with E-state index in [-0.39, 0.29) is 0 Å². The van der Waals surface area contributed by atoms with Crippen LogP contribution in [-0.4, -0.2) is 5.78 Å². The average Bonchev–Trinajstić information content (AvgIpc) is 2.31. The fourth-order valence-electron chi connectivity index (χ4n) is 1.77. The van der Waals surface area contributed by atoms with Crippen LogP contribution in [0.1, 0.15) is 26.2 Å². The Bertz CT molecular complexity index is 316. The quantitative estimate of drug-likeness (QED) is 0.532. The van der Waals surface area contributed by atoms with Crippen molar-refractivity contribution in [2.45, 2.75) is 26.2 Å². The first-order valence-electron chi connectivity index (χ1n) is 4.37. The van der Waals surface area contributed by atoms with Gasteiger partial charge in [-0.15, -0.1) is 0 Å². The normalized spacial score (nSPS) is 22.4. The van der Waals surface area contributed by atoms with Gasteiger partial charge >= 0.3 is 0 Å². The van der Waals surface area contributed by atoms with Crippen LogP contribution < -0.4 is 0 Å². The van der Waals surface area contributed by atoms with Gasteiger partial charge in [-0.3, -0.25) is 4.79 Å². The zero-order chi connectivity index (χ0) is 8.55. The molecule has 0 saturated heterocycles. The predicted octanol–water partition coefficient (Wildman–Crippen LogP) is 2.55. The van der Waals surface area contributed by atoms with Gasteiger partial charge in [-0.05, 0) is 25.3 Å². The molecule has 0 spiro atoms. The highest BCUT2D eigenvalue weighted by Gasteiger charge is 2.20. The Morgan fingerprint density at radius 3 is 3.00 bits per heavy atom. The minimum Gasteiger partial charge on any atom is -0.294 e. The van der Waals surface area contributed by atoms with Gasteiger partial charge < -0.3 is 0 Å². The first-order valence-corrected chi connectivity index (χ1v) is 4.37. The van der Waals surface area contributed by atoms with Crippen LogP contribution in [0.25, 0.3) is 0 Å². The molecular weight excluding hydrogens is 148 g/mol. The molecule has 0 radical (unpaired) electrons. The van der Waals surface area contributed by atoms with E-state index >= 15 is 0 Å². The highest BCUT2D eigenvalue weighted by atomic mass is 16.1. The summed E-state index contributed by atoms with van der Waals surface area (Å²) in [6, 6.07) is 0. The lowest BCUT2D eigenvalue weighted by Crippen LogP contribution is -1.91. The fourth-order valence-corrected chi connectivity index (χ4v) is 1.77. The average molecular weight is 160 g/mol. The van der Waals surface area contributed by atoms with Gasteiger partial charge in [0.15, 0.2) is 5.78 Å². The van der Waals surface area contributed by atoms with E-state index in [0.717, 1.165) is 18.4 Å². The molecule has 0 fully saturated rings. The number of hydrogen-bond acceptors (Lipinski definition) is 1. The van der Waals surface area contributed by atoms with Crippen molar-refractivity contribution in [1.29, 1.82) is 0 Å². The topological polar surface area (TPSA) is 17.1 Å². The molecule has 0 aromatic rings. The molecule has 0 amide bonds. The summed E-state index contributed by atoms with van der Waals surface area (Å²) < 4.78 is 0. The number of ketones is 1. The van der Waals surface area contributed by atoms with Crippen LogP contribution in [0.3, 0.4) is 0 Å². The highest BCUT2D eigenvalue weighted by molar-refractivity contribution is 6.02. The van der Waals surface area contributed by atoms with Crippen molar-refractivity contribution in [2.75, 3.05) is 0 Å². The van der Waals surface area contributed by atoms with Crippen molar-refractivity contribution < 1.29 is 4.79 Å². The molecule has 2 aliphatic carbocycles. The molecule has 0 heterocycles. The van der Waals surface area contributed by atoms with Crippen LogP contribution in [0.15, 0.2) is 34.9 Å². The van der Waals surface area contributed by atoms with E-state index in [1.165, 1.54) is 11.1 Å². The van der Waals surface area contributed by atoms with Crippen molar-refractivity contribution in [2.24, 2.45) is 0 Å². The highest BCUT2D eigenvalue weighted by Crippen LogP contribution is 2.28. The van der Waals surface area contributed by atoms with Gasteiger partial charge in [0, 0.05) is 12.0 Å². The van der Waals surface area contributed by atoms with E-state index < -0.39 is 0 Å². The zero-order valence-electron chi connectivity index (χ0n) is 7.26. The molecule has 62 valence electrons. The van der Waals surface area contributed by atoms with E-state index in [1.807, 2.05) is 6.08 Å². The summed E-state index contributed by atoms with van der Waals surface area (Å²) in [7, 11) is 0. The minimum atomic E-state index is 0.312. The SMILES string of the molecule is CC1=CC2=C(C=CC1)C(=O)CC2. The van der Waals surface area contributed by atoms with Crippen LogP contribution in [0.5, 0.6) is 0 Å². The van der Waals surface area contributed by atoms with Crippen molar-refractivity contribution in [3.63, 3.8) is 0 Å². The zero-order valence-corrected chi connectivity index (χ0v) is 7.26. The molecule has 2 aliphatic rings. The standard InChI is InChI=1S/C11H12O/c1-8-3-2-4-10-9(7-8)5-6-11(10)12/h2,4,7H,3,5-6H2,1H3. The van der Waals surface area contributed by atoms with Gasteiger partial charge in [-0.1, -0.05) is 23.8 Å².